The number of rotatable bonds is 5. The molecule has 3 aromatic rings. The summed E-state index contributed by atoms with van der Waals surface area (Å²) in [6, 6.07) is 10.8. The zero-order valence-corrected chi connectivity index (χ0v) is 14.6. The normalized spacial score (nSPS) is 10.2. The van der Waals surface area contributed by atoms with Crippen LogP contribution in [0, 0.1) is 11.6 Å². The SMILES string of the molecule is COC(=O)c1cccc(Nc2nccc(C(=O)Nc3ccc(F)c(F)c3)n2)c1. The number of aromatic nitrogens is 2. The number of esters is 1. The molecule has 0 aliphatic rings. The van der Waals surface area contributed by atoms with E-state index in [-0.39, 0.29) is 17.3 Å². The van der Waals surface area contributed by atoms with Crippen molar-refractivity contribution in [1.29, 1.82) is 0 Å². The first-order chi connectivity index (χ1) is 13.5. The van der Waals surface area contributed by atoms with E-state index in [1.54, 1.807) is 24.3 Å². The van der Waals surface area contributed by atoms with Crippen molar-refractivity contribution in [3.63, 3.8) is 0 Å². The van der Waals surface area contributed by atoms with Gasteiger partial charge in [0.05, 0.1) is 12.7 Å². The first-order valence-corrected chi connectivity index (χ1v) is 8.01. The third kappa shape index (κ3) is 4.44. The number of amides is 1. The number of hydrogen-bond acceptors (Lipinski definition) is 6. The van der Waals surface area contributed by atoms with Gasteiger partial charge in [0.25, 0.3) is 5.91 Å². The highest BCUT2D eigenvalue weighted by Crippen LogP contribution is 2.17. The second-order valence-corrected chi connectivity index (χ2v) is 5.55. The molecule has 9 heteroatoms. The fourth-order valence-electron chi connectivity index (χ4n) is 2.29. The summed E-state index contributed by atoms with van der Waals surface area (Å²) in [4.78, 5) is 32.0. The zero-order valence-electron chi connectivity index (χ0n) is 14.6. The van der Waals surface area contributed by atoms with Crippen LogP contribution in [0.15, 0.2) is 54.7 Å². The summed E-state index contributed by atoms with van der Waals surface area (Å²) in [5.41, 5.74) is 0.940. The summed E-state index contributed by atoms with van der Waals surface area (Å²) in [6.45, 7) is 0. The third-order valence-corrected chi connectivity index (χ3v) is 3.61. The molecule has 28 heavy (non-hydrogen) atoms. The lowest BCUT2D eigenvalue weighted by Crippen LogP contribution is -2.15. The molecule has 0 aliphatic carbocycles. The van der Waals surface area contributed by atoms with E-state index in [2.05, 4.69) is 25.3 Å². The maximum absolute atomic E-state index is 13.3. The summed E-state index contributed by atoms with van der Waals surface area (Å²) in [5, 5.41) is 5.30. The standard InChI is InChI=1S/C19H14F2N4O3/c1-28-18(27)11-3-2-4-12(9-11)24-19-22-8-7-16(25-19)17(26)23-13-5-6-14(20)15(21)10-13/h2-10H,1H3,(H,23,26)(H,22,24,25). The predicted molar refractivity (Wildman–Crippen MR) is 97.4 cm³/mol. The third-order valence-electron chi connectivity index (χ3n) is 3.61. The van der Waals surface area contributed by atoms with Gasteiger partial charge >= 0.3 is 5.97 Å². The Labute approximate surface area is 158 Å². The van der Waals surface area contributed by atoms with Gasteiger partial charge in [-0.05, 0) is 36.4 Å². The van der Waals surface area contributed by atoms with Crippen molar-refractivity contribution in [3.8, 4) is 0 Å². The van der Waals surface area contributed by atoms with Crippen molar-refractivity contribution in [2.75, 3.05) is 17.7 Å². The van der Waals surface area contributed by atoms with E-state index in [1.165, 1.54) is 25.4 Å². The van der Waals surface area contributed by atoms with Crippen LogP contribution in [0.5, 0.6) is 0 Å². The van der Waals surface area contributed by atoms with E-state index < -0.39 is 23.5 Å². The molecule has 0 unspecified atom stereocenters. The van der Waals surface area contributed by atoms with Crippen LogP contribution in [0.2, 0.25) is 0 Å². The smallest absolute Gasteiger partial charge is 0.337 e. The number of ether oxygens (including phenoxy) is 1. The van der Waals surface area contributed by atoms with Crippen LogP contribution in [-0.2, 0) is 4.74 Å². The van der Waals surface area contributed by atoms with Crippen LogP contribution in [0.4, 0.5) is 26.1 Å². The number of anilines is 3. The minimum absolute atomic E-state index is 0.00588. The Hall–Kier alpha value is -3.88. The van der Waals surface area contributed by atoms with E-state index in [9.17, 15) is 18.4 Å². The highest BCUT2D eigenvalue weighted by Gasteiger charge is 2.12. The molecule has 7 nitrogen and oxygen atoms in total. The Bertz CT molecular complexity index is 1040. The lowest BCUT2D eigenvalue weighted by molar-refractivity contribution is 0.0600. The predicted octanol–water partition coefficient (Wildman–Crippen LogP) is 3.54. The monoisotopic (exact) mass is 384 g/mol. The fraction of sp³-hybridized carbons (Fsp3) is 0.0526. The van der Waals surface area contributed by atoms with Gasteiger partial charge in [0, 0.05) is 23.6 Å². The highest BCUT2D eigenvalue weighted by atomic mass is 19.2. The topological polar surface area (TPSA) is 93.2 Å². The van der Waals surface area contributed by atoms with Crippen molar-refractivity contribution < 1.29 is 23.1 Å². The molecular formula is C19H14F2N4O3. The van der Waals surface area contributed by atoms with Crippen LogP contribution >= 0.6 is 0 Å². The quantitative estimate of drug-likeness (QED) is 0.654. The average Bonchev–Trinajstić information content (AvgIpc) is 2.70. The van der Waals surface area contributed by atoms with E-state index in [0.717, 1.165) is 12.1 Å². The van der Waals surface area contributed by atoms with E-state index in [0.29, 0.717) is 11.3 Å². The minimum atomic E-state index is -1.08. The van der Waals surface area contributed by atoms with Crippen LogP contribution in [0.25, 0.3) is 0 Å². The summed E-state index contributed by atoms with van der Waals surface area (Å²) in [5.74, 6) is -3.10. The average molecular weight is 384 g/mol. The molecule has 0 fully saturated rings. The second kappa shape index (κ2) is 8.21. The van der Waals surface area contributed by atoms with Gasteiger partial charge in [0.1, 0.15) is 5.69 Å². The number of carbonyl (C=O) groups excluding carboxylic acids is 2. The largest absolute Gasteiger partial charge is 0.465 e. The van der Waals surface area contributed by atoms with Crippen molar-refractivity contribution in [1.82, 2.24) is 9.97 Å². The van der Waals surface area contributed by atoms with Crippen molar-refractivity contribution in [2.45, 2.75) is 0 Å². The molecule has 1 amide bonds. The van der Waals surface area contributed by atoms with Gasteiger partial charge in [0.15, 0.2) is 11.6 Å². The van der Waals surface area contributed by atoms with Crippen LogP contribution in [0.1, 0.15) is 20.8 Å². The number of nitrogens with zero attached hydrogens (tertiary/aromatic N) is 2. The Morgan fingerprint density at radius 1 is 1.00 bits per heavy atom. The Morgan fingerprint density at radius 3 is 2.57 bits per heavy atom. The van der Waals surface area contributed by atoms with Gasteiger partial charge in [-0.1, -0.05) is 6.07 Å². The number of nitrogens with one attached hydrogen (secondary N) is 2. The van der Waals surface area contributed by atoms with Crippen molar-refractivity contribution >= 4 is 29.2 Å². The second-order valence-electron chi connectivity index (χ2n) is 5.55. The van der Waals surface area contributed by atoms with Gasteiger partial charge in [-0.3, -0.25) is 4.79 Å². The molecule has 142 valence electrons. The molecule has 2 N–H and O–H groups in total. The van der Waals surface area contributed by atoms with Crippen LogP contribution in [-0.4, -0.2) is 29.0 Å². The van der Waals surface area contributed by atoms with Gasteiger partial charge in [-0.2, -0.15) is 0 Å². The lowest BCUT2D eigenvalue weighted by atomic mass is 10.2. The van der Waals surface area contributed by atoms with E-state index in [1.807, 2.05) is 0 Å². The molecule has 0 radical (unpaired) electrons. The Morgan fingerprint density at radius 2 is 1.82 bits per heavy atom. The maximum Gasteiger partial charge on any atom is 0.337 e. The number of hydrogen-bond donors (Lipinski definition) is 2. The molecule has 2 aromatic carbocycles. The van der Waals surface area contributed by atoms with E-state index >= 15 is 0 Å². The van der Waals surface area contributed by atoms with Crippen molar-refractivity contribution in [2.24, 2.45) is 0 Å². The molecule has 0 spiro atoms. The van der Waals surface area contributed by atoms with Crippen LogP contribution in [0.3, 0.4) is 0 Å². The number of methoxy groups -OCH3 is 1. The highest BCUT2D eigenvalue weighted by molar-refractivity contribution is 6.03. The molecule has 0 saturated carbocycles. The summed E-state index contributed by atoms with van der Waals surface area (Å²) in [6.07, 6.45) is 1.36. The summed E-state index contributed by atoms with van der Waals surface area (Å²) in [7, 11) is 1.28. The first-order valence-electron chi connectivity index (χ1n) is 8.01. The Kier molecular flexibility index (Phi) is 5.54. The van der Waals surface area contributed by atoms with E-state index in [4.69, 9.17) is 0 Å². The van der Waals surface area contributed by atoms with Crippen LogP contribution < -0.4 is 10.6 Å². The van der Waals surface area contributed by atoms with Gasteiger partial charge in [-0.25, -0.2) is 23.5 Å². The Balaban J connectivity index is 1.75. The zero-order chi connectivity index (χ0) is 20.1. The molecule has 0 atom stereocenters. The molecule has 0 saturated heterocycles. The number of carbonyl (C=O) groups is 2. The molecule has 1 aromatic heterocycles. The van der Waals surface area contributed by atoms with Crippen molar-refractivity contribution in [3.05, 3.63) is 77.6 Å². The number of benzene rings is 2. The van der Waals surface area contributed by atoms with Gasteiger partial charge in [-0.15, -0.1) is 0 Å². The molecular weight excluding hydrogens is 370 g/mol. The molecule has 0 aliphatic heterocycles. The van der Waals surface area contributed by atoms with Gasteiger partial charge < -0.3 is 15.4 Å². The number of halogens is 2. The summed E-state index contributed by atoms with van der Waals surface area (Å²) < 4.78 is 30.9. The molecule has 3 rings (SSSR count). The lowest BCUT2D eigenvalue weighted by Gasteiger charge is -2.08. The molecule has 1 heterocycles. The first kappa shape index (κ1) is 18.9. The minimum Gasteiger partial charge on any atom is -0.465 e. The summed E-state index contributed by atoms with van der Waals surface area (Å²) >= 11 is 0. The van der Waals surface area contributed by atoms with Gasteiger partial charge in [0.2, 0.25) is 5.95 Å². The fourth-order valence-corrected chi connectivity index (χ4v) is 2.29. The maximum atomic E-state index is 13.3. The molecule has 0 bridgehead atoms.